The van der Waals surface area contributed by atoms with Crippen molar-refractivity contribution in [1.29, 1.82) is 0 Å². The lowest BCUT2D eigenvalue weighted by molar-refractivity contribution is -0.138. The van der Waals surface area contributed by atoms with E-state index in [0.29, 0.717) is 0 Å². The molecule has 8 heteroatoms. The third kappa shape index (κ3) is 4.23. The van der Waals surface area contributed by atoms with E-state index in [0.717, 1.165) is 0 Å². The van der Waals surface area contributed by atoms with Gasteiger partial charge in [0.15, 0.2) is 5.75 Å². The van der Waals surface area contributed by atoms with Crippen molar-refractivity contribution in [3.8, 4) is 5.75 Å². The third-order valence-corrected chi connectivity index (χ3v) is 1.85. The van der Waals surface area contributed by atoms with Crippen molar-refractivity contribution in [1.82, 2.24) is 10.2 Å². The highest BCUT2D eigenvalue weighted by Gasteiger charge is 2.08. The Labute approximate surface area is 102 Å². The molecular formula is C10H11N3O5. The van der Waals surface area contributed by atoms with Crippen LogP contribution in [0.4, 0.5) is 5.69 Å². The van der Waals surface area contributed by atoms with Crippen molar-refractivity contribution in [2.75, 3.05) is 19.8 Å². The van der Waals surface area contributed by atoms with Gasteiger partial charge in [-0.15, -0.1) is 0 Å². The van der Waals surface area contributed by atoms with E-state index in [2.05, 4.69) is 15.0 Å². The fraction of sp³-hybridized carbons (Fsp3) is 0.400. The maximum atomic E-state index is 11.2. The number of aromatic nitrogens is 2. The molecule has 0 bridgehead atoms. The van der Waals surface area contributed by atoms with E-state index in [9.17, 15) is 9.59 Å². The highest BCUT2D eigenvalue weighted by molar-refractivity contribution is 5.66. The average Bonchev–Trinajstić information content (AvgIpc) is 2.33. The van der Waals surface area contributed by atoms with Crippen LogP contribution in [0.3, 0.4) is 0 Å². The van der Waals surface area contributed by atoms with Crippen molar-refractivity contribution in [2.24, 2.45) is 0 Å². The second kappa shape index (κ2) is 7.03. The van der Waals surface area contributed by atoms with Gasteiger partial charge in [-0.2, -0.15) is 5.10 Å². The summed E-state index contributed by atoms with van der Waals surface area (Å²) in [5, 5.41) is 14.0. The van der Waals surface area contributed by atoms with E-state index in [1.165, 1.54) is 6.20 Å². The molecular weight excluding hydrogens is 242 g/mol. The number of nitrogens with zero attached hydrogens (tertiary/aromatic N) is 2. The van der Waals surface area contributed by atoms with Gasteiger partial charge in [-0.05, 0) is 0 Å². The molecule has 2 N–H and O–H groups in total. The number of hydrogen-bond acceptors (Lipinski definition) is 5. The van der Waals surface area contributed by atoms with Gasteiger partial charge in [-0.1, -0.05) is 0 Å². The van der Waals surface area contributed by atoms with Crippen molar-refractivity contribution in [3.05, 3.63) is 28.0 Å². The van der Waals surface area contributed by atoms with Crippen molar-refractivity contribution in [3.63, 3.8) is 0 Å². The Balaban J connectivity index is 2.36. The van der Waals surface area contributed by atoms with Crippen LogP contribution in [-0.2, 0) is 9.53 Å². The molecule has 8 nitrogen and oxygen atoms in total. The van der Waals surface area contributed by atoms with Gasteiger partial charge in [0.2, 0.25) is 0 Å². The van der Waals surface area contributed by atoms with Crippen LogP contribution >= 0.6 is 0 Å². The monoisotopic (exact) mass is 253 g/mol. The van der Waals surface area contributed by atoms with Gasteiger partial charge in [-0.3, -0.25) is 14.7 Å². The Morgan fingerprint density at radius 1 is 1.50 bits per heavy atom. The minimum absolute atomic E-state index is 0.0792. The highest BCUT2D eigenvalue weighted by Crippen LogP contribution is 2.20. The van der Waals surface area contributed by atoms with E-state index in [1.807, 2.05) is 0 Å². The first kappa shape index (κ1) is 13.7. The summed E-state index contributed by atoms with van der Waals surface area (Å²) in [7, 11) is 0. The minimum atomic E-state index is -0.940. The predicted molar refractivity (Wildman–Crippen MR) is 59.7 cm³/mol. The van der Waals surface area contributed by atoms with Crippen molar-refractivity contribution < 1.29 is 19.4 Å². The predicted octanol–water partition coefficient (Wildman–Crippen LogP) is 0.191. The van der Waals surface area contributed by atoms with E-state index in [4.69, 9.17) is 21.2 Å². The fourth-order valence-electron chi connectivity index (χ4n) is 1.06. The number of carboxylic acids is 1. The number of aromatic amines is 1. The SMILES string of the molecule is [C-]#[N+]c1c(OCCOCCC(=O)O)cn[nH]c1=O. The minimum Gasteiger partial charge on any atom is -0.500 e. The van der Waals surface area contributed by atoms with Crippen LogP contribution in [0.15, 0.2) is 11.0 Å². The van der Waals surface area contributed by atoms with Gasteiger partial charge < -0.3 is 14.6 Å². The molecule has 0 aliphatic heterocycles. The van der Waals surface area contributed by atoms with Gasteiger partial charge in [0.25, 0.3) is 11.2 Å². The van der Waals surface area contributed by atoms with E-state index in [-0.39, 0.29) is 37.7 Å². The average molecular weight is 253 g/mol. The summed E-state index contributed by atoms with van der Waals surface area (Å²) < 4.78 is 10.1. The topological polar surface area (TPSA) is 106 Å². The summed E-state index contributed by atoms with van der Waals surface area (Å²) in [5.41, 5.74) is -0.787. The Morgan fingerprint density at radius 2 is 2.28 bits per heavy atom. The zero-order valence-corrected chi connectivity index (χ0v) is 9.38. The smallest absolute Gasteiger partial charge is 0.305 e. The molecule has 0 spiro atoms. The largest absolute Gasteiger partial charge is 0.500 e. The standard InChI is InChI=1S/C10H11N3O5/c1-11-9-7(6-12-13-10(9)16)18-5-4-17-3-2-8(14)15/h6H,2-5H2,(H,13,16)(H,14,15). The lowest BCUT2D eigenvalue weighted by atomic mass is 10.4. The lowest BCUT2D eigenvalue weighted by Crippen LogP contribution is -2.12. The molecule has 1 aromatic rings. The molecule has 18 heavy (non-hydrogen) atoms. The summed E-state index contributed by atoms with van der Waals surface area (Å²) >= 11 is 0. The zero-order valence-electron chi connectivity index (χ0n) is 9.38. The molecule has 1 rings (SSSR count). The molecule has 1 aromatic heterocycles. The van der Waals surface area contributed by atoms with Gasteiger partial charge in [-0.25, -0.2) is 4.85 Å². The zero-order chi connectivity index (χ0) is 13.4. The van der Waals surface area contributed by atoms with Crippen LogP contribution in [0, 0.1) is 6.57 Å². The molecule has 0 aliphatic carbocycles. The number of carboxylic acid groups (broad SMARTS) is 1. The van der Waals surface area contributed by atoms with Gasteiger partial charge in [0.1, 0.15) is 6.61 Å². The molecule has 0 saturated heterocycles. The summed E-state index contributed by atoms with van der Waals surface area (Å²) in [6.07, 6.45) is 1.14. The molecule has 0 fully saturated rings. The number of carbonyl (C=O) groups is 1. The van der Waals surface area contributed by atoms with Crippen LogP contribution in [0.25, 0.3) is 4.85 Å². The Bertz CT molecular complexity index is 505. The van der Waals surface area contributed by atoms with Gasteiger partial charge >= 0.3 is 5.97 Å². The summed E-state index contributed by atoms with van der Waals surface area (Å²) in [5.74, 6) is -0.861. The fourth-order valence-corrected chi connectivity index (χ4v) is 1.06. The number of ether oxygens (including phenoxy) is 2. The molecule has 0 aromatic carbocycles. The molecule has 0 saturated carbocycles. The lowest BCUT2D eigenvalue weighted by Gasteiger charge is -2.06. The van der Waals surface area contributed by atoms with Crippen LogP contribution < -0.4 is 10.3 Å². The Hall–Kier alpha value is -2.40. The molecule has 0 radical (unpaired) electrons. The van der Waals surface area contributed by atoms with E-state index < -0.39 is 11.5 Å². The number of aliphatic carboxylic acids is 1. The van der Waals surface area contributed by atoms with E-state index in [1.54, 1.807) is 0 Å². The number of H-pyrrole nitrogens is 1. The Morgan fingerprint density at radius 3 is 2.94 bits per heavy atom. The van der Waals surface area contributed by atoms with Crippen LogP contribution in [0.1, 0.15) is 6.42 Å². The highest BCUT2D eigenvalue weighted by atomic mass is 16.5. The first-order chi connectivity index (χ1) is 8.65. The number of hydrogen-bond donors (Lipinski definition) is 2. The van der Waals surface area contributed by atoms with Gasteiger partial charge in [0, 0.05) is 0 Å². The molecule has 0 aliphatic rings. The molecule has 96 valence electrons. The summed E-state index contributed by atoms with van der Waals surface area (Å²) in [6, 6.07) is 0. The third-order valence-electron chi connectivity index (χ3n) is 1.85. The normalized spacial score (nSPS) is 9.72. The molecule has 0 atom stereocenters. The molecule has 1 heterocycles. The van der Waals surface area contributed by atoms with Crippen LogP contribution in [-0.4, -0.2) is 41.1 Å². The van der Waals surface area contributed by atoms with Crippen molar-refractivity contribution in [2.45, 2.75) is 6.42 Å². The van der Waals surface area contributed by atoms with Crippen LogP contribution in [0.2, 0.25) is 0 Å². The van der Waals surface area contributed by atoms with E-state index >= 15 is 0 Å². The second-order valence-corrected chi connectivity index (χ2v) is 3.13. The summed E-state index contributed by atoms with van der Waals surface area (Å²) in [4.78, 5) is 24.4. The summed E-state index contributed by atoms with van der Waals surface area (Å²) in [6.45, 7) is 7.17. The number of nitrogens with one attached hydrogen (secondary N) is 1. The maximum absolute atomic E-state index is 11.2. The first-order valence-corrected chi connectivity index (χ1v) is 5.02. The quantitative estimate of drug-likeness (QED) is 0.530. The van der Waals surface area contributed by atoms with Gasteiger partial charge in [0.05, 0.1) is 32.4 Å². The first-order valence-electron chi connectivity index (χ1n) is 5.02. The molecule has 0 unspecified atom stereocenters. The second-order valence-electron chi connectivity index (χ2n) is 3.13. The maximum Gasteiger partial charge on any atom is 0.305 e. The molecule has 0 amide bonds. The number of rotatable bonds is 7. The van der Waals surface area contributed by atoms with Crippen molar-refractivity contribution >= 4 is 11.7 Å². The Kier molecular flexibility index (Phi) is 5.34. The van der Waals surface area contributed by atoms with Crippen LogP contribution in [0.5, 0.6) is 5.75 Å².